The van der Waals surface area contributed by atoms with Gasteiger partial charge in [-0.25, -0.2) is 4.39 Å². The Balaban J connectivity index is 2.08. The van der Waals surface area contributed by atoms with Crippen molar-refractivity contribution in [3.8, 4) is 6.07 Å². The maximum absolute atomic E-state index is 13.2. The second kappa shape index (κ2) is 7.37. The number of likely N-dealkylation sites (tertiary alicyclic amines) is 1. The largest absolute Gasteiger partial charge is 0.320 e. The lowest BCUT2D eigenvalue weighted by Crippen LogP contribution is -2.40. The first-order valence-electron chi connectivity index (χ1n) is 7.31. The Morgan fingerprint density at radius 3 is 3.05 bits per heavy atom. The minimum Gasteiger partial charge on any atom is -0.320 e. The fraction of sp³-hybridized carbons (Fsp3) is 0.562. The van der Waals surface area contributed by atoms with Crippen molar-refractivity contribution >= 4 is 0 Å². The molecule has 1 aromatic rings. The van der Waals surface area contributed by atoms with E-state index in [-0.39, 0.29) is 5.82 Å². The molecule has 0 aliphatic carbocycles. The van der Waals surface area contributed by atoms with Crippen LogP contribution in [-0.2, 0) is 6.54 Å². The van der Waals surface area contributed by atoms with Crippen molar-refractivity contribution in [1.82, 2.24) is 10.2 Å². The number of piperidine rings is 1. The number of hydrogen-bond acceptors (Lipinski definition) is 3. The zero-order valence-corrected chi connectivity index (χ0v) is 12.0. The summed E-state index contributed by atoms with van der Waals surface area (Å²) in [7, 11) is 1.97. The summed E-state index contributed by atoms with van der Waals surface area (Å²) in [5, 5.41) is 12.3. The van der Waals surface area contributed by atoms with E-state index in [9.17, 15) is 4.39 Å². The van der Waals surface area contributed by atoms with Crippen molar-refractivity contribution in [2.45, 2.75) is 38.3 Å². The van der Waals surface area contributed by atoms with Crippen LogP contribution in [0.5, 0.6) is 0 Å². The van der Waals surface area contributed by atoms with Crippen LogP contribution in [0.25, 0.3) is 0 Å². The molecular formula is C16H22FN3. The van der Waals surface area contributed by atoms with Crippen LogP contribution in [0, 0.1) is 17.1 Å². The molecule has 2 rings (SSSR count). The molecule has 0 radical (unpaired) electrons. The van der Waals surface area contributed by atoms with E-state index in [1.807, 2.05) is 7.05 Å². The molecule has 1 fully saturated rings. The van der Waals surface area contributed by atoms with Gasteiger partial charge in [0.15, 0.2) is 0 Å². The quantitative estimate of drug-likeness (QED) is 0.898. The van der Waals surface area contributed by atoms with Crippen LogP contribution in [0.1, 0.15) is 36.8 Å². The summed E-state index contributed by atoms with van der Waals surface area (Å²) < 4.78 is 13.2. The van der Waals surface area contributed by atoms with Gasteiger partial charge in [0.25, 0.3) is 0 Å². The van der Waals surface area contributed by atoms with E-state index in [0.29, 0.717) is 11.6 Å². The van der Waals surface area contributed by atoms with Gasteiger partial charge in [-0.15, -0.1) is 0 Å². The zero-order valence-electron chi connectivity index (χ0n) is 12.0. The predicted octanol–water partition coefficient (Wildman–Crippen LogP) is 2.66. The number of nitriles is 1. The summed E-state index contributed by atoms with van der Waals surface area (Å²) in [6, 6.07) is 7.20. The first kappa shape index (κ1) is 15.0. The molecule has 20 heavy (non-hydrogen) atoms. The molecule has 108 valence electrons. The van der Waals surface area contributed by atoms with E-state index in [1.165, 1.54) is 31.4 Å². The Kier molecular flexibility index (Phi) is 5.51. The number of rotatable bonds is 5. The molecular weight excluding hydrogens is 253 g/mol. The highest BCUT2D eigenvalue weighted by atomic mass is 19.1. The van der Waals surface area contributed by atoms with Gasteiger partial charge in [-0.2, -0.15) is 5.26 Å². The highest BCUT2D eigenvalue weighted by Crippen LogP contribution is 2.23. The average molecular weight is 275 g/mol. The van der Waals surface area contributed by atoms with Crippen molar-refractivity contribution in [1.29, 1.82) is 5.26 Å². The molecule has 1 aliphatic rings. The minimum absolute atomic E-state index is 0.337. The third-order valence-electron chi connectivity index (χ3n) is 4.04. The summed E-state index contributed by atoms with van der Waals surface area (Å²) in [5.74, 6) is -0.337. The Morgan fingerprint density at radius 1 is 1.45 bits per heavy atom. The fourth-order valence-electron chi connectivity index (χ4n) is 2.92. The summed E-state index contributed by atoms with van der Waals surface area (Å²) in [6.07, 6.45) is 4.82. The summed E-state index contributed by atoms with van der Waals surface area (Å²) in [4.78, 5) is 2.44. The number of benzene rings is 1. The number of nitrogens with one attached hydrogen (secondary N) is 1. The Bertz CT molecular complexity index is 481. The topological polar surface area (TPSA) is 39.1 Å². The van der Waals surface area contributed by atoms with Gasteiger partial charge >= 0.3 is 0 Å². The van der Waals surface area contributed by atoms with Gasteiger partial charge in [-0.1, -0.05) is 12.5 Å². The number of halogens is 1. The maximum atomic E-state index is 13.2. The molecule has 0 bridgehead atoms. The SMILES string of the molecule is CNCCC1CCCCN1Cc1ccc(F)cc1C#N. The highest BCUT2D eigenvalue weighted by molar-refractivity contribution is 5.37. The summed E-state index contributed by atoms with van der Waals surface area (Å²) in [5.41, 5.74) is 1.40. The highest BCUT2D eigenvalue weighted by Gasteiger charge is 2.22. The van der Waals surface area contributed by atoms with Gasteiger partial charge < -0.3 is 5.32 Å². The molecule has 1 unspecified atom stereocenters. The molecule has 1 aliphatic heterocycles. The van der Waals surface area contributed by atoms with Crippen LogP contribution in [0.4, 0.5) is 4.39 Å². The van der Waals surface area contributed by atoms with E-state index in [2.05, 4.69) is 16.3 Å². The molecule has 4 heteroatoms. The standard InChI is InChI=1S/C16H22FN3/c1-19-8-7-16-4-2-3-9-20(16)12-13-5-6-15(17)10-14(13)11-18/h5-6,10,16,19H,2-4,7-9,12H2,1H3. The molecule has 1 heterocycles. The third-order valence-corrected chi connectivity index (χ3v) is 4.04. The molecule has 1 aromatic carbocycles. The van der Waals surface area contributed by atoms with Crippen LogP contribution in [-0.4, -0.2) is 31.1 Å². The van der Waals surface area contributed by atoms with Crippen molar-refractivity contribution in [2.75, 3.05) is 20.1 Å². The Hall–Kier alpha value is -1.44. The minimum atomic E-state index is -0.337. The molecule has 0 amide bonds. The second-order valence-corrected chi connectivity index (χ2v) is 5.43. The van der Waals surface area contributed by atoms with Crippen molar-refractivity contribution in [2.24, 2.45) is 0 Å². The monoisotopic (exact) mass is 275 g/mol. The molecule has 1 atom stereocenters. The molecule has 1 N–H and O–H groups in total. The third kappa shape index (κ3) is 3.78. The molecule has 0 spiro atoms. The van der Waals surface area contributed by atoms with Crippen LogP contribution < -0.4 is 5.32 Å². The average Bonchev–Trinajstić information content (AvgIpc) is 2.48. The van der Waals surface area contributed by atoms with E-state index >= 15 is 0 Å². The van der Waals surface area contributed by atoms with Gasteiger partial charge in [-0.3, -0.25) is 4.90 Å². The van der Waals surface area contributed by atoms with E-state index in [0.717, 1.165) is 31.6 Å². The second-order valence-electron chi connectivity index (χ2n) is 5.43. The van der Waals surface area contributed by atoms with Crippen molar-refractivity contribution in [3.05, 3.63) is 35.1 Å². The van der Waals surface area contributed by atoms with Crippen LogP contribution in [0.15, 0.2) is 18.2 Å². The molecule has 1 saturated heterocycles. The van der Waals surface area contributed by atoms with E-state index < -0.39 is 0 Å². The lowest BCUT2D eigenvalue weighted by Gasteiger charge is -2.36. The normalized spacial score (nSPS) is 19.8. The smallest absolute Gasteiger partial charge is 0.124 e. The van der Waals surface area contributed by atoms with Gasteiger partial charge in [0, 0.05) is 12.6 Å². The predicted molar refractivity (Wildman–Crippen MR) is 77.7 cm³/mol. The van der Waals surface area contributed by atoms with Gasteiger partial charge in [0.1, 0.15) is 5.82 Å². The number of hydrogen-bond donors (Lipinski definition) is 1. The van der Waals surface area contributed by atoms with E-state index in [4.69, 9.17) is 5.26 Å². The zero-order chi connectivity index (χ0) is 14.4. The molecule has 3 nitrogen and oxygen atoms in total. The van der Waals surface area contributed by atoms with Crippen molar-refractivity contribution < 1.29 is 4.39 Å². The lowest BCUT2D eigenvalue weighted by atomic mass is 9.97. The van der Waals surface area contributed by atoms with Crippen molar-refractivity contribution in [3.63, 3.8) is 0 Å². The van der Waals surface area contributed by atoms with Crippen LogP contribution >= 0.6 is 0 Å². The first-order chi connectivity index (χ1) is 9.74. The summed E-state index contributed by atoms with van der Waals surface area (Å²) >= 11 is 0. The lowest BCUT2D eigenvalue weighted by molar-refractivity contribution is 0.132. The van der Waals surface area contributed by atoms with Gasteiger partial charge in [0.05, 0.1) is 11.6 Å². The molecule has 0 aromatic heterocycles. The fourth-order valence-corrected chi connectivity index (χ4v) is 2.92. The Morgan fingerprint density at radius 2 is 2.30 bits per heavy atom. The van der Waals surface area contributed by atoms with Gasteiger partial charge in [-0.05, 0) is 57.1 Å². The van der Waals surface area contributed by atoms with E-state index in [1.54, 1.807) is 6.07 Å². The number of nitrogens with zero attached hydrogens (tertiary/aromatic N) is 2. The Labute approximate surface area is 120 Å². The molecule has 0 saturated carbocycles. The van der Waals surface area contributed by atoms with Gasteiger partial charge in [0.2, 0.25) is 0 Å². The van der Waals surface area contributed by atoms with Crippen LogP contribution in [0.3, 0.4) is 0 Å². The van der Waals surface area contributed by atoms with Crippen LogP contribution in [0.2, 0.25) is 0 Å². The summed E-state index contributed by atoms with van der Waals surface area (Å²) in [6.45, 7) is 2.82. The first-order valence-corrected chi connectivity index (χ1v) is 7.31. The maximum Gasteiger partial charge on any atom is 0.124 e.